The monoisotopic (exact) mass is 231 g/mol. The molecule has 0 aliphatic heterocycles. The normalized spacial score (nSPS) is 11.0. The van der Waals surface area contributed by atoms with E-state index >= 15 is 0 Å². The van der Waals surface area contributed by atoms with Crippen molar-refractivity contribution in [2.45, 2.75) is 45.6 Å². The highest BCUT2D eigenvalue weighted by Gasteiger charge is 2.18. The SMILES string of the molecule is CN(CCCCC(=O)O)C(=O)OC(C)(C)C. The molecule has 0 bridgehead atoms. The number of ether oxygens (including phenoxy) is 1. The predicted octanol–water partition coefficient (Wildman–Crippen LogP) is 2.11. The smallest absolute Gasteiger partial charge is 0.410 e. The second kappa shape index (κ2) is 6.35. The van der Waals surface area contributed by atoms with Crippen molar-refractivity contribution in [2.75, 3.05) is 13.6 Å². The average Bonchev–Trinajstić information content (AvgIpc) is 2.08. The number of unbranched alkanes of at least 4 members (excludes halogenated alkanes) is 1. The summed E-state index contributed by atoms with van der Waals surface area (Å²) in [6.07, 6.45) is 1.01. The molecule has 0 aromatic heterocycles. The van der Waals surface area contributed by atoms with Crippen molar-refractivity contribution in [1.82, 2.24) is 4.90 Å². The average molecular weight is 231 g/mol. The molecule has 0 heterocycles. The standard InChI is InChI=1S/C11H21NO4/c1-11(2,3)16-10(15)12(4)8-6-5-7-9(13)14/h5-8H2,1-4H3,(H,13,14). The molecule has 0 unspecified atom stereocenters. The molecule has 5 heteroatoms. The van der Waals surface area contributed by atoms with E-state index in [1.807, 2.05) is 20.8 Å². The molecule has 0 saturated carbocycles. The van der Waals surface area contributed by atoms with Crippen LogP contribution in [-0.2, 0) is 9.53 Å². The van der Waals surface area contributed by atoms with Gasteiger partial charge in [-0.3, -0.25) is 4.79 Å². The summed E-state index contributed by atoms with van der Waals surface area (Å²) in [6.45, 7) is 5.94. The minimum Gasteiger partial charge on any atom is -0.481 e. The molecular weight excluding hydrogens is 210 g/mol. The van der Waals surface area contributed by atoms with Crippen molar-refractivity contribution in [1.29, 1.82) is 0 Å². The van der Waals surface area contributed by atoms with Crippen LogP contribution in [0, 0.1) is 0 Å². The molecule has 1 amide bonds. The third-order valence-electron chi connectivity index (χ3n) is 1.84. The summed E-state index contributed by atoms with van der Waals surface area (Å²) in [7, 11) is 1.65. The van der Waals surface area contributed by atoms with E-state index in [-0.39, 0.29) is 12.5 Å². The lowest BCUT2D eigenvalue weighted by molar-refractivity contribution is -0.137. The van der Waals surface area contributed by atoms with E-state index in [9.17, 15) is 9.59 Å². The van der Waals surface area contributed by atoms with E-state index in [0.717, 1.165) is 0 Å². The highest BCUT2D eigenvalue weighted by atomic mass is 16.6. The molecule has 0 atom stereocenters. The van der Waals surface area contributed by atoms with E-state index in [4.69, 9.17) is 9.84 Å². The van der Waals surface area contributed by atoms with Gasteiger partial charge in [-0.15, -0.1) is 0 Å². The minimum absolute atomic E-state index is 0.141. The van der Waals surface area contributed by atoms with Gasteiger partial charge in [0.25, 0.3) is 0 Å². The van der Waals surface area contributed by atoms with Crippen LogP contribution in [0.4, 0.5) is 4.79 Å². The maximum Gasteiger partial charge on any atom is 0.410 e. The second-order valence-electron chi connectivity index (χ2n) is 4.75. The lowest BCUT2D eigenvalue weighted by atomic mass is 10.2. The Hall–Kier alpha value is -1.26. The van der Waals surface area contributed by atoms with Gasteiger partial charge in [0.1, 0.15) is 5.60 Å². The number of carboxylic acid groups (broad SMARTS) is 1. The van der Waals surface area contributed by atoms with Crippen molar-refractivity contribution in [3.05, 3.63) is 0 Å². The Morgan fingerprint density at radius 2 is 1.81 bits per heavy atom. The molecule has 0 fully saturated rings. The Kier molecular flexibility index (Phi) is 5.85. The van der Waals surface area contributed by atoms with Crippen molar-refractivity contribution < 1.29 is 19.4 Å². The van der Waals surface area contributed by atoms with Gasteiger partial charge in [0.15, 0.2) is 0 Å². The van der Waals surface area contributed by atoms with Gasteiger partial charge in [0.2, 0.25) is 0 Å². The molecule has 5 nitrogen and oxygen atoms in total. The first-order valence-electron chi connectivity index (χ1n) is 5.38. The van der Waals surface area contributed by atoms with E-state index in [2.05, 4.69) is 0 Å². The largest absolute Gasteiger partial charge is 0.481 e. The Morgan fingerprint density at radius 3 is 2.25 bits per heavy atom. The van der Waals surface area contributed by atoms with Gasteiger partial charge in [-0.2, -0.15) is 0 Å². The first-order chi connectivity index (χ1) is 7.22. The number of nitrogens with zero attached hydrogens (tertiary/aromatic N) is 1. The number of rotatable bonds is 5. The van der Waals surface area contributed by atoms with Gasteiger partial charge in [0.05, 0.1) is 0 Å². The van der Waals surface area contributed by atoms with Crippen molar-refractivity contribution in [2.24, 2.45) is 0 Å². The maximum absolute atomic E-state index is 11.5. The number of carboxylic acids is 1. The molecule has 0 aliphatic rings. The molecule has 0 aromatic carbocycles. The fourth-order valence-electron chi connectivity index (χ4n) is 1.06. The van der Waals surface area contributed by atoms with Gasteiger partial charge in [0, 0.05) is 20.0 Å². The topological polar surface area (TPSA) is 66.8 Å². The van der Waals surface area contributed by atoms with Crippen LogP contribution in [0.5, 0.6) is 0 Å². The van der Waals surface area contributed by atoms with Gasteiger partial charge >= 0.3 is 12.1 Å². The Bertz CT molecular complexity index is 245. The number of carbonyl (C=O) groups excluding carboxylic acids is 1. The predicted molar refractivity (Wildman–Crippen MR) is 60.4 cm³/mol. The maximum atomic E-state index is 11.5. The third kappa shape index (κ3) is 8.08. The quantitative estimate of drug-likeness (QED) is 0.736. The van der Waals surface area contributed by atoms with E-state index in [1.54, 1.807) is 7.05 Å². The highest BCUT2D eigenvalue weighted by Crippen LogP contribution is 2.09. The number of hydrogen-bond acceptors (Lipinski definition) is 3. The molecule has 16 heavy (non-hydrogen) atoms. The Morgan fingerprint density at radius 1 is 1.25 bits per heavy atom. The van der Waals surface area contributed by atoms with E-state index in [1.165, 1.54) is 4.90 Å². The number of amides is 1. The van der Waals surface area contributed by atoms with Crippen LogP contribution >= 0.6 is 0 Å². The fourth-order valence-corrected chi connectivity index (χ4v) is 1.06. The Balaban J connectivity index is 3.76. The molecule has 1 N–H and O–H groups in total. The lowest BCUT2D eigenvalue weighted by Gasteiger charge is -2.24. The molecule has 0 aliphatic carbocycles. The van der Waals surface area contributed by atoms with Crippen LogP contribution < -0.4 is 0 Å². The molecule has 0 rings (SSSR count). The molecule has 0 spiro atoms. The second-order valence-corrected chi connectivity index (χ2v) is 4.75. The molecule has 94 valence electrons. The summed E-state index contributed by atoms with van der Waals surface area (Å²) in [5, 5.41) is 8.44. The van der Waals surface area contributed by atoms with Crippen LogP contribution in [0.1, 0.15) is 40.0 Å². The summed E-state index contributed by atoms with van der Waals surface area (Å²) in [6, 6.07) is 0. The zero-order chi connectivity index (χ0) is 12.8. The summed E-state index contributed by atoms with van der Waals surface area (Å²) in [5.41, 5.74) is -0.494. The highest BCUT2D eigenvalue weighted by molar-refractivity contribution is 5.68. The van der Waals surface area contributed by atoms with Crippen LogP contribution in [0.25, 0.3) is 0 Å². The van der Waals surface area contributed by atoms with Crippen LogP contribution in [0.15, 0.2) is 0 Å². The molecule has 0 radical (unpaired) electrons. The van der Waals surface area contributed by atoms with Gasteiger partial charge < -0.3 is 14.7 Å². The molecule has 0 saturated heterocycles. The first-order valence-corrected chi connectivity index (χ1v) is 5.38. The lowest BCUT2D eigenvalue weighted by Crippen LogP contribution is -2.34. The first kappa shape index (κ1) is 14.7. The van der Waals surface area contributed by atoms with Crippen LogP contribution in [0.3, 0.4) is 0 Å². The summed E-state index contributed by atoms with van der Waals surface area (Å²) >= 11 is 0. The van der Waals surface area contributed by atoms with Crippen molar-refractivity contribution in [3.63, 3.8) is 0 Å². The summed E-state index contributed by atoms with van der Waals surface area (Å²) < 4.78 is 5.15. The third-order valence-corrected chi connectivity index (χ3v) is 1.84. The number of hydrogen-bond donors (Lipinski definition) is 1. The van der Waals surface area contributed by atoms with Gasteiger partial charge in [-0.1, -0.05) is 0 Å². The van der Waals surface area contributed by atoms with Crippen LogP contribution in [-0.4, -0.2) is 41.3 Å². The van der Waals surface area contributed by atoms with E-state index < -0.39 is 11.6 Å². The van der Waals surface area contributed by atoms with E-state index in [0.29, 0.717) is 19.4 Å². The summed E-state index contributed by atoms with van der Waals surface area (Å²) in [4.78, 5) is 23.2. The number of carbonyl (C=O) groups is 2. The summed E-state index contributed by atoms with van der Waals surface area (Å²) in [5.74, 6) is -0.806. The zero-order valence-corrected chi connectivity index (χ0v) is 10.4. The minimum atomic E-state index is -0.806. The fraction of sp³-hybridized carbons (Fsp3) is 0.818. The zero-order valence-electron chi connectivity index (χ0n) is 10.4. The number of aliphatic carboxylic acids is 1. The van der Waals surface area contributed by atoms with Crippen LogP contribution in [0.2, 0.25) is 0 Å². The Labute approximate surface area is 96.4 Å². The van der Waals surface area contributed by atoms with Crippen molar-refractivity contribution >= 4 is 12.1 Å². The van der Waals surface area contributed by atoms with Gasteiger partial charge in [-0.05, 0) is 33.6 Å². The van der Waals surface area contributed by atoms with Crippen molar-refractivity contribution in [3.8, 4) is 0 Å². The molecule has 0 aromatic rings. The van der Waals surface area contributed by atoms with Gasteiger partial charge in [-0.25, -0.2) is 4.79 Å². The molecular formula is C11H21NO4.